The molecule has 10 heteroatoms. The molecule has 4 atom stereocenters. The number of nitrogens with zero attached hydrogens (tertiary/aromatic N) is 6. The molecule has 9 nitrogen and oxygen atoms in total. The fourth-order valence-electron chi connectivity index (χ4n) is 5.87. The van der Waals surface area contributed by atoms with Crippen LogP contribution in [0.3, 0.4) is 0 Å². The minimum absolute atomic E-state index is 0.104. The largest absolute Gasteiger partial charge is 0.481 e. The average molecular weight is 462 g/mol. The van der Waals surface area contributed by atoms with Gasteiger partial charge in [0.05, 0.1) is 17.5 Å². The van der Waals surface area contributed by atoms with Gasteiger partial charge in [-0.1, -0.05) is 12.8 Å². The number of rotatable bonds is 4. The van der Waals surface area contributed by atoms with Crippen LogP contribution in [0.25, 0.3) is 33.5 Å². The molecule has 4 aromatic heterocycles. The zero-order chi connectivity index (χ0) is 23.4. The molecule has 0 amide bonds. The van der Waals surface area contributed by atoms with Gasteiger partial charge in [-0.15, -0.1) is 0 Å². The van der Waals surface area contributed by atoms with Crippen molar-refractivity contribution in [2.45, 2.75) is 32.1 Å². The van der Waals surface area contributed by atoms with Crippen LogP contribution in [0.4, 0.5) is 10.2 Å². The lowest BCUT2D eigenvalue weighted by Crippen LogP contribution is -2.40. The lowest BCUT2D eigenvalue weighted by molar-refractivity contribution is -0.147. The standard InChI is InChI=1S/C24H24FN7O2/c1-32-23-18(11-29-21(30-23)17-10-28-20-16(17)7-15(25)9-27-20)22(31-32)26-8-14-6-12-3-2-4-13(5-12)19(14)24(33)34/h7-14,19H,2-6H2,1H3,(H,27,28)(H,33,34)/b26-8-/t12?,13?,14?,19-/m0/s1. The van der Waals surface area contributed by atoms with Gasteiger partial charge in [0.1, 0.15) is 11.5 Å². The molecule has 2 bridgehead atoms. The number of H-pyrrole nitrogens is 1. The Morgan fingerprint density at radius 3 is 3.00 bits per heavy atom. The minimum atomic E-state index is -0.731. The second-order valence-corrected chi connectivity index (χ2v) is 9.46. The maximum atomic E-state index is 13.7. The monoisotopic (exact) mass is 461 g/mol. The lowest BCUT2D eigenvalue weighted by Gasteiger charge is -2.42. The first-order chi connectivity index (χ1) is 16.5. The second-order valence-electron chi connectivity index (χ2n) is 9.46. The van der Waals surface area contributed by atoms with Crippen LogP contribution in [0.15, 0.2) is 29.6 Å². The number of hydrogen-bond acceptors (Lipinski definition) is 6. The first-order valence-electron chi connectivity index (χ1n) is 11.6. The van der Waals surface area contributed by atoms with Gasteiger partial charge in [0, 0.05) is 42.5 Å². The predicted octanol–water partition coefficient (Wildman–Crippen LogP) is 4.28. The third-order valence-corrected chi connectivity index (χ3v) is 7.37. The normalized spacial score (nSPS) is 24.9. The number of aliphatic imine (C=N–C) groups is 1. The highest BCUT2D eigenvalue weighted by atomic mass is 19.1. The van der Waals surface area contributed by atoms with Crippen molar-refractivity contribution >= 4 is 40.1 Å². The van der Waals surface area contributed by atoms with E-state index in [-0.39, 0.29) is 11.8 Å². The molecule has 0 spiro atoms. The third kappa shape index (κ3) is 3.44. The number of nitrogens with one attached hydrogen (secondary N) is 1. The number of aromatic nitrogens is 6. The highest BCUT2D eigenvalue weighted by molar-refractivity contribution is 5.94. The Balaban J connectivity index is 1.34. The fourth-order valence-corrected chi connectivity index (χ4v) is 5.87. The van der Waals surface area contributed by atoms with E-state index in [1.807, 2.05) is 0 Å². The summed E-state index contributed by atoms with van der Waals surface area (Å²) in [6.45, 7) is 0. The van der Waals surface area contributed by atoms with E-state index in [0.717, 1.165) is 31.9 Å². The van der Waals surface area contributed by atoms with Gasteiger partial charge < -0.3 is 10.1 Å². The summed E-state index contributed by atoms with van der Waals surface area (Å²) in [6, 6.07) is 1.40. The van der Waals surface area contributed by atoms with Gasteiger partial charge in [-0.05, 0) is 37.2 Å². The van der Waals surface area contributed by atoms with Crippen molar-refractivity contribution in [1.82, 2.24) is 29.7 Å². The second kappa shape index (κ2) is 7.96. The summed E-state index contributed by atoms with van der Waals surface area (Å²) in [5, 5.41) is 15.7. The van der Waals surface area contributed by atoms with E-state index < -0.39 is 17.7 Å². The molecule has 0 aliphatic heterocycles. The molecule has 4 heterocycles. The number of carboxylic acids is 1. The number of carbonyl (C=O) groups is 1. The van der Waals surface area contributed by atoms with Gasteiger partial charge in [-0.3, -0.25) is 4.79 Å². The first-order valence-corrected chi connectivity index (χ1v) is 11.6. The highest BCUT2D eigenvalue weighted by Crippen LogP contribution is 2.46. The molecule has 0 saturated heterocycles. The maximum absolute atomic E-state index is 13.7. The van der Waals surface area contributed by atoms with E-state index in [0.29, 0.717) is 45.2 Å². The molecule has 2 aliphatic carbocycles. The van der Waals surface area contributed by atoms with Crippen LogP contribution >= 0.6 is 0 Å². The number of hydrogen-bond donors (Lipinski definition) is 2. The fraction of sp³-hybridized carbons (Fsp3) is 0.417. The number of pyridine rings is 1. The molecule has 0 aromatic carbocycles. The van der Waals surface area contributed by atoms with Gasteiger partial charge in [0.15, 0.2) is 17.3 Å². The summed E-state index contributed by atoms with van der Waals surface area (Å²) in [4.78, 5) is 32.9. The van der Waals surface area contributed by atoms with Gasteiger partial charge in [-0.25, -0.2) is 29.0 Å². The number of aliphatic carboxylic acids is 1. The lowest BCUT2D eigenvalue weighted by atomic mass is 9.62. The van der Waals surface area contributed by atoms with Crippen molar-refractivity contribution in [3.63, 3.8) is 0 Å². The Labute approximate surface area is 194 Å². The van der Waals surface area contributed by atoms with Gasteiger partial charge >= 0.3 is 5.97 Å². The molecule has 174 valence electrons. The van der Waals surface area contributed by atoms with Crippen molar-refractivity contribution < 1.29 is 14.3 Å². The van der Waals surface area contributed by atoms with Crippen molar-refractivity contribution in [3.05, 3.63) is 30.5 Å². The molecular weight excluding hydrogens is 437 g/mol. The van der Waals surface area contributed by atoms with E-state index in [9.17, 15) is 14.3 Å². The van der Waals surface area contributed by atoms with Crippen LogP contribution in [0.2, 0.25) is 0 Å². The number of halogens is 1. The Morgan fingerprint density at radius 2 is 2.15 bits per heavy atom. The van der Waals surface area contributed by atoms with Crippen molar-refractivity contribution in [2.24, 2.45) is 35.7 Å². The summed E-state index contributed by atoms with van der Waals surface area (Å²) in [5.74, 6) is 0.0344. The Hall–Kier alpha value is -3.69. The van der Waals surface area contributed by atoms with Crippen LogP contribution in [0, 0.1) is 29.5 Å². The highest BCUT2D eigenvalue weighted by Gasteiger charge is 2.43. The van der Waals surface area contributed by atoms with Gasteiger partial charge in [0.25, 0.3) is 0 Å². The third-order valence-electron chi connectivity index (χ3n) is 7.37. The summed E-state index contributed by atoms with van der Waals surface area (Å²) >= 11 is 0. The average Bonchev–Trinajstić information content (AvgIpc) is 3.37. The van der Waals surface area contributed by atoms with Gasteiger partial charge in [-0.2, -0.15) is 5.10 Å². The zero-order valence-electron chi connectivity index (χ0n) is 18.6. The summed E-state index contributed by atoms with van der Waals surface area (Å²) in [7, 11) is 1.78. The number of aromatic amines is 1. The molecule has 0 radical (unpaired) electrons. The maximum Gasteiger partial charge on any atom is 0.307 e. The van der Waals surface area contributed by atoms with E-state index in [1.165, 1.54) is 12.5 Å². The Kier molecular flexibility index (Phi) is 4.89. The van der Waals surface area contributed by atoms with E-state index in [4.69, 9.17) is 0 Å². The molecule has 2 fully saturated rings. The molecule has 4 aromatic rings. The first kappa shape index (κ1) is 20.9. The molecule has 3 unspecified atom stereocenters. The number of fused-ring (bicyclic) bond motifs is 4. The summed E-state index contributed by atoms with van der Waals surface area (Å²) in [6.07, 6.45) is 11.4. The van der Waals surface area contributed by atoms with Gasteiger partial charge in [0.2, 0.25) is 0 Å². The summed E-state index contributed by atoms with van der Waals surface area (Å²) < 4.78 is 15.4. The predicted molar refractivity (Wildman–Crippen MR) is 124 cm³/mol. The topological polar surface area (TPSA) is 122 Å². The zero-order valence-corrected chi connectivity index (χ0v) is 18.6. The summed E-state index contributed by atoms with van der Waals surface area (Å²) in [5.41, 5.74) is 1.79. The molecule has 6 rings (SSSR count). The quantitative estimate of drug-likeness (QED) is 0.438. The molecule has 34 heavy (non-hydrogen) atoms. The van der Waals surface area contributed by atoms with Crippen LogP contribution < -0.4 is 0 Å². The van der Waals surface area contributed by atoms with E-state index in [2.05, 4.69) is 30.0 Å². The smallest absolute Gasteiger partial charge is 0.307 e. The van der Waals surface area contributed by atoms with Crippen LogP contribution in [-0.4, -0.2) is 47.0 Å². The molecule has 2 saturated carbocycles. The molecular formula is C24H24FN7O2. The van der Waals surface area contributed by atoms with Crippen molar-refractivity contribution in [1.29, 1.82) is 0 Å². The van der Waals surface area contributed by atoms with Crippen LogP contribution in [-0.2, 0) is 11.8 Å². The van der Waals surface area contributed by atoms with E-state index in [1.54, 1.807) is 30.3 Å². The van der Waals surface area contributed by atoms with Crippen molar-refractivity contribution in [2.75, 3.05) is 0 Å². The number of aryl methyl sites for hydroxylation is 1. The SMILES string of the molecule is Cn1nc(/N=C\C2CC3CCCC(C3)[C@@H]2C(=O)O)c2cnc(-c3c[nH]c4ncc(F)cc34)nc21. The van der Waals surface area contributed by atoms with Crippen molar-refractivity contribution in [3.8, 4) is 11.4 Å². The Morgan fingerprint density at radius 1 is 1.26 bits per heavy atom. The van der Waals surface area contributed by atoms with Crippen LogP contribution in [0.1, 0.15) is 32.1 Å². The Bertz CT molecular complexity index is 1440. The van der Waals surface area contributed by atoms with Crippen LogP contribution in [0.5, 0.6) is 0 Å². The molecule has 2 aliphatic rings. The minimum Gasteiger partial charge on any atom is -0.481 e. The van der Waals surface area contributed by atoms with E-state index >= 15 is 0 Å². The number of carboxylic acid groups (broad SMARTS) is 1. The molecule has 2 N–H and O–H groups in total.